The number of hydrogen-bond donors (Lipinski definition) is 4. The summed E-state index contributed by atoms with van der Waals surface area (Å²) >= 11 is 0. The lowest BCUT2D eigenvalue weighted by atomic mass is 10.2. The van der Waals surface area contributed by atoms with E-state index in [1.165, 1.54) is 6.92 Å². The van der Waals surface area contributed by atoms with Gasteiger partial charge in [0.2, 0.25) is 5.91 Å². The Hall–Kier alpha value is -0.730. The van der Waals surface area contributed by atoms with E-state index in [9.17, 15) is 4.79 Å². The van der Waals surface area contributed by atoms with Crippen LogP contribution in [0.2, 0.25) is 0 Å². The highest BCUT2D eigenvalue weighted by atomic mass is 16.5. The number of carbonyl (C=O) groups is 1. The molecular formula is C8H20N2O5. The molecule has 0 aliphatic heterocycles. The van der Waals surface area contributed by atoms with Crippen molar-refractivity contribution < 1.29 is 25.2 Å². The van der Waals surface area contributed by atoms with Crippen molar-refractivity contribution in [2.45, 2.75) is 25.6 Å². The largest absolute Gasteiger partial charge is 0.412 e. The van der Waals surface area contributed by atoms with E-state index in [2.05, 4.69) is 5.32 Å². The zero-order chi connectivity index (χ0) is 11.0. The maximum absolute atomic E-state index is 10.8. The molecule has 0 saturated heterocycles. The van der Waals surface area contributed by atoms with E-state index in [1.54, 1.807) is 0 Å². The van der Waals surface area contributed by atoms with Gasteiger partial charge in [-0.2, -0.15) is 0 Å². The SMILES string of the molecule is CC(=O)N[C@H](CCO)[C@H](N)OCCO.O. The Bertz CT molecular complexity index is 167. The minimum Gasteiger partial charge on any atom is -0.412 e. The number of nitrogens with two attached hydrogens (primary N) is 1. The minimum atomic E-state index is -0.710. The summed E-state index contributed by atoms with van der Waals surface area (Å²) in [6, 6.07) is -0.427. The molecule has 1 amide bonds. The molecular weight excluding hydrogens is 204 g/mol. The maximum atomic E-state index is 10.8. The summed E-state index contributed by atoms with van der Waals surface area (Å²) in [7, 11) is 0. The van der Waals surface area contributed by atoms with Gasteiger partial charge in [0.1, 0.15) is 6.23 Å². The van der Waals surface area contributed by atoms with Gasteiger partial charge in [0.05, 0.1) is 19.3 Å². The standard InChI is InChI=1S/C8H18N2O4.H2O/c1-6(13)10-7(2-3-11)8(9)14-5-4-12;/h7-8,11-12H,2-5,9H2,1H3,(H,10,13);1H2/t7-,8-;/m1./s1. The maximum Gasteiger partial charge on any atom is 0.217 e. The van der Waals surface area contributed by atoms with E-state index in [1.807, 2.05) is 0 Å². The Balaban J connectivity index is 0. The smallest absolute Gasteiger partial charge is 0.217 e. The molecule has 7 heteroatoms. The molecule has 7 nitrogen and oxygen atoms in total. The molecule has 0 heterocycles. The van der Waals surface area contributed by atoms with Crippen LogP contribution in [0.25, 0.3) is 0 Å². The monoisotopic (exact) mass is 224 g/mol. The van der Waals surface area contributed by atoms with Gasteiger partial charge >= 0.3 is 0 Å². The summed E-state index contributed by atoms with van der Waals surface area (Å²) in [5.41, 5.74) is 5.58. The first-order valence-electron chi connectivity index (χ1n) is 4.47. The zero-order valence-corrected chi connectivity index (χ0v) is 8.77. The van der Waals surface area contributed by atoms with Gasteiger partial charge in [-0.25, -0.2) is 0 Å². The predicted octanol–water partition coefficient (Wildman–Crippen LogP) is -2.66. The molecule has 0 spiro atoms. The highest BCUT2D eigenvalue weighted by Crippen LogP contribution is 1.98. The van der Waals surface area contributed by atoms with E-state index in [4.69, 9.17) is 20.7 Å². The third-order valence-corrected chi connectivity index (χ3v) is 1.63. The molecule has 0 unspecified atom stereocenters. The molecule has 0 aliphatic rings. The first kappa shape index (κ1) is 16.7. The quantitative estimate of drug-likeness (QED) is 0.350. The van der Waals surface area contributed by atoms with Crippen molar-refractivity contribution in [1.82, 2.24) is 5.32 Å². The van der Waals surface area contributed by atoms with Gasteiger partial charge in [-0.05, 0) is 6.42 Å². The van der Waals surface area contributed by atoms with E-state index < -0.39 is 12.3 Å². The van der Waals surface area contributed by atoms with Crippen LogP contribution in [-0.4, -0.2) is 53.7 Å². The number of carbonyl (C=O) groups excluding carboxylic acids is 1. The molecule has 0 fully saturated rings. The van der Waals surface area contributed by atoms with Crippen LogP contribution >= 0.6 is 0 Å². The molecule has 0 aliphatic carbocycles. The average Bonchev–Trinajstić information content (AvgIpc) is 2.13. The predicted molar refractivity (Wildman–Crippen MR) is 53.9 cm³/mol. The van der Waals surface area contributed by atoms with Crippen molar-refractivity contribution >= 4 is 5.91 Å². The lowest BCUT2D eigenvalue weighted by Crippen LogP contribution is -2.49. The first-order chi connectivity index (χ1) is 6.61. The molecule has 0 saturated carbocycles. The normalized spacial score (nSPS) is 13.9. The molecule has 0 aromatic carbocycles. The van der Waals surface area contributed by atoms with Crippen molar-refractivity contribution in [3.05, 3.63) is 0 Å². The molecule has 92 valence electrons. The Kier molecular flexibility index (Phi) is 10.9. The van der Waals surface area contributed by atoms with Crippen molar-refractivity contribution in [3.8, 4) is 0 Å². The summed E-state index contributed by atoms with van der Waals surface area (Å²) in [6.45, 7) is 1.27. The van der Waals surface area contributed by atoms with Crippen LogP contribution in [0.15, 0.2) is 0 Å². The molecule has 0 radical (unpaired) electrons. The van der Waals surface area contributed by atoms with Crippen molar-refractivity contribution in [2.75, 3.05) is 19.8 Å². The highest BCUT2D eigenvalue weighted by Gasteiger charge is 2.18. The molecule has 0 aromatic heterocycles. The number of amides is 1. The van der Waals surface area contributed by atoms with Gasteiger partial charge in [-0.1, -0.05) is 0 Å². The summed E-state index contributed by atoms with van der Waals surface area (Å²) < 4.78 is 5.01. The Labute approximate surface area is 88.5 Å². The lowest BCUT2D eigenvalue weighted by molar-refractivity contribution is -0.121. The molecule has 15 heavy (non-hydrogen) atoms. The number of rotatable bonds is 7. The highest BCUT2D eigenvalue weighted by molar-refractivity contribution is 5.73. The zero-order valence-electron chi connectivity index (χ0n) is 8.77. The lowest BCUT2D eigenvalue weighted by Gasteiger charge is -2.23. The summed E-state index contributed by atoms with van der Waals surface area (Å²) in [5.74, 6) is -0.230. The Morgan fingerprint density at radius 3 is 2.47 bits per heavy atom. The number of aliphatic hydroxyl groups excluding tert-OH is 2. The second-order valence-electron chi connectivity index (χ2n) is 2.88. The number of nitrogens with one attached hydrogen (secondary N) is 1. The Morgan fingerprint density at radius 2 is 2.07 bits per heavy atom. The van der Waals surface area contributed by atoms with E-state index in [0.29, 0.717) is 6.42 Å². The number of hydrogen-bond acceptors (Lipinski definition) is 5. The third-order valence-electron chi connectivity index (χ3n) is 1.63. The van der Waals surface area contributed by atoms with Gasteiger partial charge in [0.15, 0.2) is 0 Å². The number of aliphatic hydroxyl groups is 2. The summed E-state index contributed by atoms with van der Waals surface area (Å²) in [4.78, 5) is 10.8. The van der Waals surface area contributed by atoms with Gasteiger partial charge < -0.3 is 31.5 Å². The van der Waals surface area contributed by atoms with Crippen LogP contribution in [0.5, 0.6) is 0 Å². The molecule has 0 rings (SSSR count). The second-order valence-corrected chi connectivity index (χ2v) is 2.88. The average molecular weight is 224 g/mol. The topological polar surface area (TPSA) is 136 Å². The molecule has 7 N–H and O–H groups in total. The van der Waals surface area contributed by atoms with Crippen LogP contribution in [0.1, 0.15) is 13.3 Å². The fraction of sp³-hybridized carbons (Fsp3) is 0.875. The van der Waals surface area contributed by atoms with Gasteiger partial charge in [0, 0.05) is 13.5 Å². The Morgan fingerprint density at radius 1 is 1.47 bits per heavy atom. The van der Waals surface area contributed by atoms with Crippen LogP contribution in [-0.2, 0) is 9.53 Å². The van der Waals surface area contributed by atoms with Gasteiger partial charge in [0.25, 0.3) is 0 Å². The van der Waals surface area contributed by atoms with E-state index >= 15 is 0 Å². The molecule has 0 aromatic rings. The van der Waals surface area contributed by atoms with Crippen molar-refractivity contribution in [1.29, 1.82) is 0 Å². The van der Waals surface area contributed by atoms with Crippen molar-refractivity contribution in [3.63, 3.8) is 0 Å². The number of ether oxygens (including phenoxy) is 1. The fourth-order valence-electron chi connectivity index (χ4n) is 1.02. The van der Waals surface area contributed by atoms with Crippen LogP contribution in [0.4, 0.5) is 0 Å². The first-order valence-corrected chi connectivity index (χ1v) is 4.47. The molecule has 0 bridgehead atoms. The summed E-state index contributed by atoms with van der Waals surface area (Å²) in [6.07, 6.45) is -0.384. The fourth-order valence-corrected chi connectivity index (χ4v) is 1.02. The van der Waals surface area contributed by atoms with Crippen LogP contribution in [0, 0.1) is 0 Å². The van der Waals surface area contributed by atoms with Crippen LogP contribution < -0.4 is 11.1 Å². The molecule has 2 atom stereocenters. The van der Waals surface area contributed by atoms with E-state index in [0.717, 1.165) is 0 Å². The van der Waals surface area contributed by atoms with Gasteiger partial charge in [-0.3, -0.25) is 4.79 Å². The van der Waals surface area contributed by atoms with Gasteiger partial charge in [-0.15, -0.1) is 0 Å². The second kappa shape index (κ2) is 9.81. The van der Waals surface area contributed by atoms with E-state index in [-0.39, 0.29) is 31.2 Å². The third kappa shape index (κ3) is 8.28. The summed E-state index contributed by atoms with van der Waals surface area (Å²) in [5, 5.41) is 19.8. The van der Waals surface area contributed by atoms with Crippen LogP contribution in [0.3, 0.4) is 0 Å². The van der Waals surface area contributed by atoms with Crippen molar-refractivity contribution in [2.24, 2.45) is 5.73 Å². The minimum absolute atomic E-state index is 0.